The lowest BCUT2D eigenvalue weighted by molar-refractivity contribution is -0.216. The molecule has 3 N–H and O–H groups in total. The van der Waals surface area contributed by atoms with Gasteiger partial charge in [0.15, 0.2) is 0 Å². The number of amides is 2. The Labute approximate surface area is 139 Å². The Kier molecular flexibility index (Phi) is 5.22. The van der Waals surface area contributed by atoms with Crippen LogP contribution in [0, 0.1) is 5.92 Å². The standard InChI is InChI=1S/C17H22F2N2O3/c1-11(2)14(22)21-13-6-4-12(5-7-13)10-20-15(23)17(18,19)16(24)8-3-9-16/h4-7,11,24H,3,8-10H2,1-2H3,(H,20,23)(H,21,22). The maximum Gasteiger partial charge on any atom is 0.352 e. The number of rotatable bonds is 6. The van der Waals surface area contributed by atoms with Crippen molar-refractivity contribution < 1.29 is 23.5 Å². The third-order valence-corrected chi connectivity index (χ3v) is 4.25. The van der Waals surface area contributed by atoms with E-state index < -0.39 is 17.4 Å². The second kappa shape index (κ2) is 6.84. The predicted octanol–water partition coefficient (Wildman–Crippen LogP) is 2.45. The third-order valence-electron chi connectivity index (χ3n) is 4.25. The van der Waals surface area contributed by atoms with Crippen LogP contribution in [-0.4, -0.2) is 28.4 Å². The maximum atomic E-state index is 13.9. The van der Waals surface area contributed by atoms with Gasteiger partial charge in [-0.05, 0) is 37.0 Å². The minimum absolute atomic E-state index is 0.0718. The lowest BCUT2D eigenvalue weighted by Crippen LogP contribution is -2.60. The quantitative estimate of drug-likeness (QED) is 0.744. The van der Waals surface area contributed by atoms with Crippen molar-refractivity contribution in [2.45, 2.75) is 51.2 Å². The number of hydrogen-bond donors (Lipinski definition) is 3. The summed E-state index contributed by atoms with van der Waals surface area (Å²) in [5, 5.41) is 14.6. The van der Waals surface area contributed by atoms with E-state index in [0.717, 1.165) is 0 Å². The van der Waals surface area contributed by atoms with E-state index in [1.54, 1.807) is 38.1 Å². The number of alkyl halides is 2. The normalized spacial score (nSPS) is 16.4. The molecule has 1 aromatic carbocycles. The largest absolute Gasteiger partial charge is 0.383 e. The first kappa shape index (κ1) is 18.3. The maximum absolute atomic E-state index is 13.9. The fourth-order valence-electron chi connectivity index (χ4n) is 2.32. The lowest BCUT2D eigenvalue weighted by Gasteiger charge is -2.41. The van der Waals surface area contributed by atoms with Crippen LogP contribution in [0.4, 0.5) is 14.5 Å². The minimum Gasteiger partial charge on any atom is -0.383 e. The van der Waals surface area contributed by atoms with Crippen molar-refractivity contribution in [1.29, 1.82) is 0 Å². The Bertz CT molecular complexity index is 611. The average molecular weight is 340 g/mol. The Morgan fingerprint density at radius 3 is 2.29 bits per heavy atom. The molecule has 1 fully saturated rings. The molecule has 7 heteroatoms. The third kappa shape index (κ3) is 3.72. The van der Waals surface area contributed by atoms with E-state index in [1.807, 2.05) is 0 Å². The zero-order chi connectivity index (χ0) is 18.0. The van der Waals surface area contributed by atoms with E-state index in [-0.39, 0.29) is 31.2 Å². The van der Waals surface area contributed by atoms with Gasteiger partial charge in [0.1, 0.15) is 5.60 Å². The van der Waals surface area contributed by atoms with Gasteiger partial charge in [0.25, 0.3) is 5.91 Å². The second-order valence-corrected chi connectivity index (χ2v) is 6.48. The molecule has 1 aliphatic carbocycles. The van der Waals surface area contributed by atoms with Crippen LogP contribution in [0.25, 0.3) is 0 Å². The molecule has 0 bridgehead atoms. The molecule has 1 aliphatic rings. The van der Waals surface area contributed by atoms with E-state index in [0.29, 0.717) is 17.7 Å². The highest BCUT2D eigenvalue weighted by Gasteiger charge is 2.61. The van der Waals surface area contributed by atoms with Crippen molar-refractivity contribution in [3.8, 4) is 0 Å². The summed E-state index contributed by atoms with van der Waals surface area (Å²) in [7, 11) is 0. The monoisotopic (exact) mass is 340 g/mol. The van der Waals surface area contributed by atoms with Crippen molar-refractivity contribution in [2.75, 3.05) is 5.32 Å². The molecule has 0 heterocycles. The molecular formula is C17H22F2N2O3. The van der Waals surface area contributed by atoms with Crippen LogP contribution in [-0.2, 0) is 16.1 Å². The molecule has 0 atom stereocenters. The average Bonchev–Trinajstić information content (AvgIpc) is 2.51. The Morgan fingerprint density at radius 2 is 1.83 bits per heavy atom. The number of nitrogens with one attached hydrogen (secondary N) is 2. The summed E-state index contributed by atoms with van der Waals surface area (Å²) in [6, 6.07) is 6.54. The van der Waals surface area contributed by atoms with Gasteiger partial charge in [-0.3, -0.25) is 9.59 Å². The first-order chi connectivity index (χ1) is 11.2. The fourth-order valence-corrected chi connectivity index (χ4v) is 2.32. The Morgan fingerprint density at radius 1 is 1.25 bits per heavy atom. The summed E-state index contributed by atoms with van der Waals surface area (Å²) in [5.74, 6) is -5.54. The van der Waals surface area contributed by atoms with Gasteiger partial charge in [-0.2, -0.15) is 8.78 Å². The van der Waals surface area contributed by atoms with Gasteiger partial charge in [-0.15, -0.1) is 0 Å². The lowest BCUT2D eigenvalue weighted by atomic mass is 9.75. The fraction of sp³-hybridized carbons (Fsp3) is 0.529. The zero-order valence-corrected chi connectivity index (χ0v) is 13.7. The molecule has 1 saturated carbocycles. The SMILES string of the molecule is CC(C)C(=O)Nc1ccc(CNC(=O)C(F)(F)C2(O)CCC2)cc1. The van der Waals surface area contributed by atoms with E-state index in [2.05, 4.69) is 10.6 Å². The summed E-state index contributed by atoms with van der Waals surface area (Å²) in [4.78, 5) is 23.3. The number of anilines is 1. The summed E-state index contributed by atoms with van der Waals surface area (Å²) in [6.45, 7) is 3.47. The van der Waals surface area contributed by atoms with Crippen LogP contribution >= 0.6 is 0 Å². The number of halogens is 2. The van der Waals surface area contributed by atoms with Gasteiger partial charge in [0, 0.05) is 18.2 Å². The van der Waals surface area contributed by atoms with Crippen LogP contribution < -0.4 is 10.6 Å². The highest BCUT2D eigenvalue weighted by Crippen LogP contribution is 2.44. The van der Waals surface area contributed by atoms with Gasteiger partial charge >= 0.3 is 5.92 Å². The smallest absolute Gasteiger partial charge is 0.352 e. The number of carbonyl (C=O) groups is 2. The van der Waals surface area contributed by atoms with Gasteiger partial charge in [0.2, 0.25) is 5.91 Å². The zero-order valence-electron chi connectivity index (χ0n) is 13.7. The van der Waals surface area contributed by atoms with E-state index >= 15 is 0 Å². The highest BCUT2D eigenvalue weighted by molar-refractivity contribution is 5.92. The molecule has 24 heavy (non-hydrogen) atoms. The number of aliphatic hydroxyl groups is 1. The van der Waals surface area contributed by atoms with Gasteiger partial charge in [0.05, 0.1) is 0 Å². The Hall–Kier alpha value is -2.02. The molecule has 0 aliphatic heterocycles. The van der Waals surface area contributed by atoms with E-state index in [4.69, 9.17) is 0 Å². The summed E-state index contributed by atoms with van der Waals surface area (Å²) < 4.78 is 27.8. The van der Waals surface area contributed by atoms with Crippen molar-refractivity contribution in [2.24, 2.45) is 5.92 Å². The molecule has 1 aromatic rings. The van der Waals surface area contributed by atoms with Gasteiger partial charge in [-0.25, -0.2) is 0 Å². The minimum atomic E-state index is -3.80. The molecule has 0 saturated heterocycles. The summed E-state index contributed by atoms with van der Waals surface area (Å²) >= 11 is 0. The molecule has 0 unspecified atom stereocenters. The van der Waals surface area contributed by atoms with Crippen molar-refractivity contribution in [1.82, 2.24) is 5.32 Å². The first-order valence-electron chi connectivity index (χ1n) is 7.94. The first-order valence-corrected chi connectivity index (χ1v) is 7.94. The van der Waals surface area contributed by atoms with Crippen molar-refractivity contribution in [3.05, 3.63) is 29.8 Å². The molecule has 132 valence electrons. The van der Waals surface area contributed by atoms with Crippen LogP contribution in [0.3, 0.4) is 0 Å². The predicted molar refractivity (Wildman–Crippen MR) is 85.5 cm³/mol. The number of hydrogen-bond acceptors (Lipinski definition) is 3. The molecule has 2 amide bonds. The second-order valence-electron chi connectivity index (χ2n) is 6.48. The molecular weight excluding hydrogens is 318 g/mol. The molecule has 0 spiro atoms. The molecule has 5 nitrogen and oxygen atoms in total. The molecule has 0 radical (unpaired) electrons. The highest BCUT2D eigenvalue weighted by atomic mass is 19.3. The van der Waals surface area contributed by atoms with Crippen LogP contribution in [0.15, 0.2) is 24.3 Å². The summed E-state index contributed by atoms with van der Waals surface area (Å²) in [6.07, 6.45) is 0.345. The Balaban J connectivity index is 1.90. The topological polar surface area (TPSA) is 78.4 Å². The van der Waals surface area contributed by atoms with E-state index in [9.17, 15) is 23.5 Å². The van der Waals surface area contributed by atoms with Gasteiger partial charge in [-0.1, -0.05) is 26.0 Å². The van der Waals surface area contributed by atoms with Crippen LogP contribution in [0.1, 0.15) is 38.7 Å². The van der Waals surface area contributed by atoms with Crippen molar-refractivity contribution in [3.63, 3.8) is 0 Å². The van der Waals surface area contributed by atoms with E-state index in [1.165, 1.54) is 0 Å². The van der Waals surface area contributed by atoms with Crippen LogP contribution in [0.2, 0.25) is 0 Å². The summed E-state index contributed by atoms with van der Waals surface area (Å²) in [5.41, 5.74) is -1.01. The number of carbonyl (C=O) groups excluding carboxylic acids is 2. The molecule has 0 aromatic heterocycles. The van der Waals surface area contributed by atoms with Crippen LogP contribution in [0.5, 0.6) is 0 Å². The van der Waals surface area contributed by atoms with Crippen molar-refractivity contribution >= 4 is 17.5 Å². The number of benzene rings is 1. The molecule has 2 rings (SSSR count). The van der Waals surface area contributed by atoms with Gasteiger partial charge < -0.3 is 15.7 Å².